The molecular formula is C17H21NO2. The highest BCUT2D eigenvalue weighted by molar-refractivity contribution is 5.48. The largest absolute Gasteiger partial charge is 0.497 e. The van der Waals surface area contributed by atoms with Gasteiger partial charge in [-0.2, -0.15) is 0 Å². The van der Waals surface area contributed by atoms with Crippen LogP contribution in [-0.4, -0.2) is 20.3 Å². The van der Waals surface area contributed by atoms with E-state index in [-0.39, 0.29) is 0 Å². The van der Waals surface area contributed by atoms with Gasteiger partial charge in [-0.15, -0.1) is 0 Å². The lowest BCUT2D eigenvalue weighted by atomic mass is 10.1. The van der Waals surface area contributed by atoms with Crippen LogP contribution in [0, 0.1) is 13.8 Å². The number of hydrogen-bond donors (Lipinski definition) is 1. The van der Waals surface area contributed by atoms with E-state index in [1.807, 2.05) is 24.3 Å². The van der Waals surface area contributed by atoms with Crippen LogP contribution in [0.25, 0.3) is 0 Å². The summed E-state index contributed by atoms with van der Waals surface area (Å²) in [6.07, 6.45) is 0. The van der Waals surface area contributed by atoms with Gasteiger partial charge in [0, 0.05) is 18.3 Å². The van der Waals surface area contributed by atoms with Gasteiger partial charge >= 0.3 is 0 Å². The summed E-state index contributed by atoms with van der Waals surface area (Å²) in [6, 6.07) is 14.1. The molecule has 0 heterocycles. The van der Waals surface area contributed by atoms with Crippen LogP contribution in [0.5, 0.6) is 11.5 Å². The van der Waals surface area contributed by atoms with Gasteiger partial charge in [-0.25, -0.2) is 0 Å². The maximum absolute atomic E-state index is 5.80. The molecule has 0 fully saturated rings. The van der Waals surface area contributed by atoms with Crippen LogP contribution >= 0.6 is 0 Å². The SMILES string of the molecule is COc1cccc(NCCOc2cc(C)ccc2C)c1. The molecule has 0 aromatic heterocycles. The second-order valence-electron chi connectivity index (χ2n) is 4.78. The summed E-state index contributed by atoms with van der Waals surface area (Å²) in [6.45, 7) is 5.51. The van der Waals surface area contributed by atoms with Gasteiger partial charge in [0.2, 0.25) is 0 Å². The Labute approximate surface area is 120 Å². The molecule has 20 heavy (non-hydrogen) atoms. The van der Waals surface area contributed by atoms with Gasteiger partial charge in [0.15, 0.2) is 0 Å². The van der Waals surface area contributed by atoms with E-state index in [0.717, 1.165) is 29.3 Å². The van der Waals surface area contributed by atoms with Crippen LogP contribution in [0.15, 0.2) is 42.5 Å². The van der Waals surface area contributed by atoms with Crippen molar-refractivity contribution in [3.05, 3.63) is 53.6 Å². The Kier molecular flexibility index (Phi) is 4.88. The fourth-order valence-electron chi connectivity index (χ4n) is 1.95. The Morgan fingerprint density at radius 2 is 1.90 bits per heavy atom. The molecule has 2 rings (SSSR count). The molecule has 2 aromatic carbocycles. The van der Waals surface area contributed by atoms with Crippen LogP contribution in [-0.2, 0) is 0 Å². The Morgan fingerprint density at radius 1 is 1.05 bits per heavy atom. The molecule has 106 valence electrons. The highest BCUT2D eigenvalue weighted by atomic mass is 16.5. The number of rotatable bonds is 6. The predicted octanol–water partition coefficient (Wildman–Crippen LogP) is 3.80. The highest BCUT2D eigenvalue weighted by Crippen LogP contribution is 2.19. The van der Waals surface area contributed by atoms with Crippen LogP contribution in [0.1, 0.15) is 11.1 Å². The van der Waals surface area contributed by atoms with Crippen molar-refractivity contribution in [2.75, 3.05) is 25.6 Å². The molecule has 0 aliphatic carbocycles. The number of anilines is 1. The summed E-state index contributed by atoms with van der Waals surface area (Å²) in [4.78, 5) is 0. The zero-order valence-electron chi connectivity index (χ0n) is 12.3. The molecule has 0 aliphatic heterocycles. The summed E-state index contributed by atoms with van der Waals surface area (Å²) in [5, 5.41) is 3.32. The number of nitrogens with one attached hydrogen (secondary N) is 1. The molecule has 0 atom stereocenters. The van der Waals surface area contributed by atoms with Crippen molar-refractivity contribution in [3.8, 4) is 11.5 Å². The fraction of sp³-hybridized carbons (Fsp3) is 0.294. The molecule has 2 aromatic rings. The number of benzene rings is 2. The lowest BCUT2D eigenvalue weighted by Gasteiger charge is -2.11. The topological polar surface area (TPSA) is 30.5 Å². The van der Waals surface area contributed by atoms with Gasteiger partial charge in [-0.1, -0.05) is 18.2 Å². The average Bonchev–Trinajstić information content (AvgIpc) is 2.47. The van der Waals surface area contributed by atoms with E-state index < -0.39 is 0 Å². The van der Waals surface area contributed by atoms with Gasteiger partial charge in [0.25, 0.3) is 0 Å². The van der Waals surface area contributed by atoms with E-state index in [4.69, 9.17) is 9.47 Å². The standard InChI is InChI=1S/C17H21NO2/c1-13-7-8-14(2)17(11-13)20-10-9-18-15-5-4-6-16(12-15)19-3/h4-8,11-12,18H,9-10H2,1-3H3. The molecule has 0 bridgehead atoms. The first-order valence-corrected chi connectivity index (χ1v) is 6.77. The smallest absolute Gasteiger partial charge is 0.122 e. The van der Waals surface area contributed by atoms with E-state index in [0.29, 0.717) is 6.61 Å². The first-order valence-electron chi connectivity index (χ1n) is 6.77. The molecule has 0 radical (unpaired) electrons. The normalized spacial score (nSPS) is 10.2. The summed E-state index contributed by atoms with van der Waals surface area (Å²) < 4.78 is 11.0. The Bertz CT molecular complexity index is 567. The van der Waals surface area contributed by atoms with Crippen molar-refractivity contribution in [2.45, 2.75) is 13.8 Å². The Balaban J connectivity index is 1.82. The fourth-order valence-corrected chi connectivity index (χ4v) is 1.95. The predicted molar refractivity (Wildman–Crippen MR) is 82.9 cm³/mol. The van der Waals surface area contributed by atoms with Gasteiger partial charge in [0.05, 0.1) is 7.11 Å². The first-order chi connectivity index (χ1) is 9.69. The molecular weight excluding hydrogens is 250 g/mol. The monoisotopic (exact) mass is 271 g/mol. The van der Waals surface area contributed by atoms with Gasteiger partial charge in [-0.3, -0.25) is 0 Å². The molecule has 0 unspecified atom stereocenters. The van der Waals surface area contributed by atoms with Crippen molar-refractivity contribution in [2.24, 2.45) is 0 Å². The molecule has 0 saturated heterocycles. The zero-order valence-corrected chi connectivity index (χ0v) is 12.3. The lowest BCUT2D eigenvalue weighted by molar-refractivity contribution is 0.330. The van der Waals surface area contributed by atoms with Crippen LogP contribution in [0.4, 0.5) is 5.69 Å². The quantitative estimate of drug-likeness (QED) is 0.811. The molecule has 0 spiro atoms. The van der Waals surface area contributed by atoms with Crippen molar-refractivity contribution in [1.29, 1.82) is 0 Å². The highest BCUT2D eigenvalue weighted by Gasteiger charge is 2.00. The van der Waals surface area contributed by atoms with E-state index in [2.05, 4.69) is 37.4 Å². The third kappa shape index (κ3) is 3.92. The molecule has 3 nitrogen and oxygen atoms in total. The maximum atomic E-state index is 5.80. The van der Waals surface area contributed by atoms with Crippen LogP contribution < -0.4 is 14.8 Å². The van der Waals surface area contributed by atoms with Crippen LogP contribution in [0.2, 0.25) is 0 Å². The number of aryl methyl sites for hydroxylation is 2. The van der Waals surface area contributed by atoms with E-state index in [1.54, 1.807) is 7.11 Å². The molecule has 0 saturated carbocycles. The summed E-state index contributed by atoms with van der Waals surface area (Å²) >= 11 is 0. The maximum Gasteiger partial charge on any atom is 0.122 e. The second-order valence-corrected chi connectivity index (χ2v) is 4.78. The summed E-state index contributed by atoms with van der Waals surface area (Å²) in [7, 11) is 1.67. The number of methoxy groups -OCH3 is 1. The van der Waals surface area contributed by atoms with Crippen molar-refractivity contribution in [1.82, 2.24) is 0 Å². The Morgan fingerprint density at radius 3 is 2.70 bits per heavy atom. The number of hydrogen-bond acceptors (Lipinski definition) is 3. The summed E-state index contributed by atoms with van der Waals surface area (Å²) in [5.41, 5.74) is 3.41. The van der Waals surface area contributed by atoms with E-state index >= 15 is 0 Å². The minimum Gasteiger partial charge on any atom is -0.497 e. The lowest BCUT2D eigenvalue weighted by Crippen LogP contribution is -2.12. The molecule has 0 amide bonds. The van der Waals surface area contributed by atoms with Crippen LogP contribution in [0.3, 0.4) is 0 Å². The van der Waals surface area contributed by atoms with E-state index in [1.165, 1.54) is 5.56 Å². The number of ether oxygens (including phenoxy) is 2. The van der Waals surface area contributed by atoms with Gasteiger partial charge in [-0.05, 0) is 43.2 Å². The van der Waals surface area contributed by atoms with Crippen molar-refractivity contribution < 1.29 is 9.47 Å². The average molecular weight is 271 g/mol. The molecule has 1 N–H and O–H groups in total. The zero-order chi connectivity index (χ0) is 14.4. The third-order valence-corrected chi connectivity index (χ3v) is 3.10. The first kappa shape index (κ1) is 14.3. The minimum absolute atomic E-state index is 0.626. The Hall–Kier alpha value is -2.16. The minimum atomic E-state index is 0.626. The van der Waals surface area contributed by atoms with E-state index in [9.17, 15) is 0 Å². The van der Waals surface area contributed by atoms with Crippen molar-refractivity contribution >= 4 is 5.69 Å². The summed E-state index contributed by atoms with van der Waals surface area (Å²) in [5.74, 6) is 1.81. The van der Waals surface area contributed by atoms with Crippen molar-refractivity contribution in [3.63, 3.8) is 0 Å². The third-order valence-electron chi connectivity index (χ3n) is 3.10. The molecule has 0 aliphatic rings. The second kappa shape index (κ2) is 6.85. The molecule has 3 heteroatoms. The van der Waals surface area contributed by atoms with Gasteiger partial charge < -0.3 is 14.8 Å². The van der Waals surface area contributed by atoms with Gasteiger partial charge in [0.1, 0.15) is 18.1 Å².